The van der Waals surface area contributed by atoms with Gasteiger partial charge in [-0.15, -0.1) is 0 Å². The molecular weight excluding hydrogens is 416 g/mol. The zero-order valence-corrected chi connectivity index (χ0v) is 19.3. The van der Waals surface area contributed by atoms with Gasteiger partial charge in [0, 0.05) is 6.54 Å². The quantitative estimate of drug-likeness (QED) is 0.574. The normalized spacial score (nSPS) is 17.2. The Labute approximate surface area is 187 Å². The number of nitrogens with zero attached hydrogens (tertiary/aromatic N) is 2. The summed E-state index contributed by atoms with van der Waals surface area (Å²) >= 11 is 1.47. The molecule has 3 rings (SSSR count). The predicted octanol–water partition coefficient (Wildman–Crippen LogP) is 4.31. The van der Waals surface area contributed by atoms with Gasteiger partial charge in [0.2, 0.25) is 11.7 Å². The molecule has 8 heteroatoms. The van der Waals surface area contributed by atoms with Crippen LogP contribution in [0.2, 0.25) is 0 Å². The van der Waals surface area contributed by atoms with Crippen LogP contribution < -0.4 is 18.9 Å². The fraction of sp³-hybridized carbons (Fsp3) is 0.391. The molecule has 0 radical (unpaired) electrons. The summed E-state index contributed by atoms with van der Waals surface area (Å²) in [7, 11) is 4.73. The molecule has 2 aromatic rings. The highest BCUT2D eigenvalue weighted by atomic mass is 32.2. The van der Waals surface area contributed by atoms with Crippen molar-refractivity contribution in [1.29, 1.82) is 0 Å². The lowest BCUT2D eigenvalue weighted by atomic mass is 10.1. The minimum Gasteiger partial charge on any atom is -0.494 e. The summed E-state index contributed by atoms with van der Waals surface area (Å²) < 4.78 is 21.7. The summed E-state index contributed by atoms with van der Waals surface area (Å²) in [6.45, 7) is 5.08. The summed E-state index contributed by atoms with van der Waals surface area (Å²) in [6.07, 6.45) is 0.527. The number of hydrogen-bond acceptors (Lipinski definition) is 7. The number of amidine groups is 1. The van der Waals surface area contributed by atoms with Crippen LogP contribution in [0.1, 0.15) is 19.4 Å². The number of hydrogen-bond donors (Lipinski definition) is 0. The van der Waals surface area contributed by atoms with E-state index in [0.717, 1.165) is 17.0 Å². The summed E-state index contributed by atoms with van der Waals surface area (Å²) in [4.78, 5) is 19.5. The SMILES string of the molecule is CCOc1ccc(N=C2S[C@H](Cc3cc(OC)c(OC)c(OC)c3)C(=O)N2CC)cc1. The van der Waals surface area contributed by atoms with E-state index in [-0.39, 0.29) is 11.2 Å². The molecule has 0 spiro atoms. The first-order valence-corrected chi connectivity index (χ1v) is 11.0. The van der Waals surface area contributed by atoms with Gasteiger partial charge in [-0.1, -0.05) is 11.8 Å². The van der Waals surface area contributed by atoms with Crippen molar-refractivity contribution in [2.45, 2.75) is 25.5 Å². The molecule has 1 heterocycles. The lowest BCUT2D eigenvalue weighted by molar-refractivity contribution is -0.126. The van der Waals surface area contributed by atoms with Crippen LogP contribution in [0.5, 0.6) is 23.0 Å². The molecule has 1 saturated heterocycles. The lowest BCUT2D eigenvalue weighted by Gasteiger charge is -2.15. The molecule has 0 unspecified atom stereocenters. The first-order valence-electron chi connectivity index (χ1n) is 10.1. The van der Waals surface area contributed by atoms with Crippen molar-refractivity contribution in [2.24, 2.45) is 4.99 Å². The molecule has 1 aliphatic rings. The maximum atomic E-state index is 13.0. The molecule has 7 nitrogen and oxygen atoms in total. The van der Waals surface area contributed by atoms with Crippen LogP contribution in [0.4, 0.5) is 5.69 Å². The van der Waals surface area contributed by atoms with E-state index in [0.29, 0.717) is 42.0 Å². The van der Waals surface area contributed by atoms with Crippen LogP contribution in [0, 0.1) is 0 Å². The standard InChI is InChI=1S/C23H28N2O5S/c1-6-25-22(26)20(14-15-12-18(27-3)21(29-5)19(13-15)28-4)31-23(25)24-16-8-10-17(11-9-16)30-7-2/h8-13,20H,6-7,14H2,1-5H3/t20-/m1/s1. The molecule has 166 valence electrons. The minimum atomic E-state index is -0.274. The second kappa shape index (κ2) is 10.4. The van der Waals surface area contributed by atoms with Crippen molar-refractivity contribution in [3.8, 4) is 23.0 Å². The van der Waals surface area contributed by atoms with E-state index in [1.54, 1.807) is 26.2 Å². The molecule has 31 heavy (non-hydrogen) atoms. The van der Waals surface area contributed by atoms with Gasteiger partial charge >= 0.3 is 0 Å². The predicted molar refractivity (Wildman–Crippen MR) is 123 cm³/mol. The van der Waals surface area contributed by atoms with Gasteiger partial charge < -0.3 is 18.9 Å². The Balaban J connectivity index is 1.83. The van der Waals surface area contributed by atoms with E-state index in [2.05, 4.69) is 0 Å². The van der Waals surface area contributed by atoms with Crippen molar-refractivity contribution in [1.82, 2.24) is 4.90 Å². The average molecular weight is 445 g/mol. The smallest absolute Gasteiger partial charge is 0.242 e. The number of benzene rings is 2. The van der Waals surface area contributed by atoms with Crippen molar-refractivity contribution in [3.63, 3.8) is 0 Å². The number of rotatable bonds is 9. The van der Waals surface area contributed by atoms with Crippen LogP contribution in [0.25, 0.3) is 0 Å². The van der Waals surface area contributed by atoms with Crippen molar-refractivity contribution < 1.29 is 23.7 Å². The van der Waals surface area contributed by atoms with Gasteiger partial charge in [-0.2, -0.15) is 0 Å². The van der Waals surface area contributed by atoms with Crippen LogP contribution >= 0.6 is 11.8 Å². The fourth-order valence-electron chi connectivity index (χ4n) is 3.38. The number of carbonyl (C=O) groups excluding carboxylic acids is 1. The molecule has 1 atom stereocenters. The highest BCUT2D eigenvalue weighted by Gasteiger charge is 2.37. The van der Waals surface area contributed by atoms with Gasteiger partial charge in [0.05, 0.1) is 38.9 Å². The summed E-state index contributed by atoms with van der Waals surface area (Å²) in [5.41, 5.74) is 1.71. The van der Waals surface area contributed by atoms with Crippen molar-refractivity contribution in [2.75, 3.05) is 34.5 Å². The Morgan fingerprint density at radius 3 is 2.16 bits per heavy atom. The number of amides is 1. The number of ether oxygens (including phenoxy) is 4. The number of methoxy groups -OCH3 is 3. The topological polar surface area (TPSA) is 69.6 Å². The number of thioether (sulfide) groups is 1. The Kier molecular flexibility index (Phi) is 7.68. The fourth-order valence-corrected chi connectivity index (χ4v) is 4.64. The van der Waals surface area contributed by atoms with Gasteiger partial charge in [0.1, 0.15) is 5.75 Å². The van der Waals surface area contributed by atoms with E-state index in [4.69, 9.17) is 23.9 Å². The van der Waals surface area contributed by atoms with Gasteiger partial charge in [0.15, 0.2) is 16.7 Å². The maximum absolute atomic E-state index is 13.0. The number of carbonyl (C=O) groups is 1. The van der Waals surface area contributed by atoms with Crippen LogP contribution in [0.3, 0.4) is 0 Å². The largest absolute Gasteiger partial charge is 0.494 e. The number of aliphatic imine (C=N–C) groups is 1. The highest BCUT2D eigenvalue weighted by Crippen LogP contribution is 2.40. The third kappa shape index (κ3) is 5.07. The zero-order valence-electron chi connectivity index (χ0n) is 18.5. The molecule has 0 aliphatic carbocycles. The van der Waals surface area contributed by atoms with Crippen molar-refractivity contribution in [3.05, 3.63) is 42.0 Å². The third-order valence-corrected chi connectivity index (χ3v) is 6.03. The molecule has 1 aliphatic heterocycles. The summed E-state index contributed by atoms with van der Waals surface area (Å²) in [6, 6.07) is 11.3. The first kappa shape index (κ1) is 22.8. The molecule has 0 aromatic heterocycles. The van der Waals surface area contributed by atoms with E-state index in [1.807, 2.05) is 50.2 Å². The second-order valence-electron chi connectivity index (χ2n) is 6.75. The Bertz CT molecular complexity index is 920. The van der Waals surface area contributed by atoms with Gasteiger partial charge in [0.25, 0.3) is 0 Å². The van der Waals surface area contributed by atoms with Gasteiger partial charge in [-0.05, 0) is 62.2 Å². The Morgan fingerprint density at radius 2 is 1.65 bits per heavy atom. The molecule has 0 bridgehead atoms. The van der Waals surface area contributed by atoms with Crippen LogP contribution in [-0.4, -0.2) is 55.7 Å². The monoisotopic (exact) mass is 444 g/mol. The Hall–Kier alpha value is -2.87. The van der Waals surface area contributed by atoms with Crippen LogP contribution in [-0.2, 0) is 11.2 Å². The molecule has 1 fully saturated rings. The molecule has 0 saturated carbocycles. The molecular formula is C23H28N2O5S. The van der Waals surface area contributed by atoms with Crippen molar-refractivity contribution >= 4 is 28.5 Å². The minimum absolute atomic E-state index is 0.0472. The molecule has 1 amide bonds. The van der Waals surface area contributed by atoms with Gasteiger partial charge in [-0.25, -0.2) is 4.99 Å². The molecule has 2 aromatic carbocycles. The van der Waals surface area contributed by atoms with Gasteiger partial charge in [-0.3, -0.25) is 9.69 Å². The average Bonchev–Trinajstić information content (AvgIpc) is 3.08. The second-order valence-corrected chi connectivity index (χ2v) is 7.92. The molecule has 0 N–H and O–H groups in total. The highest BCUT2D eigenvalue weighted by molar-refractivity contribution is 8.15. The Morgan fingerprint density at radius 1 is 1.00 bits per heavy atom. The lowest BCUT2D eigenvalue weighted by Crippen LogP contribution is -2.32. The maximum Gasteiger partial charge on any atom is 0.242 e. The zero-order chi connectivity index (χ0) is 22.4. The summed E-state index contributed by atoms with van der Waals surface area (Å²) in [5.74, 6) is 2.53. The van der Waals surface area contributed by atoms with E-state index in [1.165, 1.54) is 11.8 Å². The van der Waals surface area contributed by atoms with E-state index in [9.17, 15) is 4.79 Å². The summed E-state index contributed by atoms with van der Waals surface area (Å²) in [5, 5.41) is 0.429. The van der Waals surface area contributed by atoms with Crippen LogP contribution in [0.15, 0.2) is 41.4 Å². The third-order valence-electron chi connectivity index (χ3n) is 4.85. The van der Waals surface area contributed by atoms with E-state index >= 15 is 0 Å². The first-order chi connectivity index (χ1) is 15.0. The van der Waals surface area contributed by atoms with E-state index < -0.39 is 0 Å².